The van der Waals surface area contributed by atoms with Crippen molar-refractivity contribution in [3.8, 4) is 0 Å². The molecule has 0 saturated carbocycles. The van der Waals surface area contributed by atoms with Crippen LogP contribution in [0.4, 0.5) is 5.69 Å². The molecule has 8 heteroatoms. The van der Waals surface area contributed by atoms with Crippen molar-refractivity contribution >= 4 is 21.6 Å². The Bertz CT molecular complexity index is 850. The van der Waals surface area contributed by atoms with E-state index in [2.05, 4.69) is 16.5 Å². The van der Waals surface area contributed by atoms with Gasteiger partial charge in [-0.15, -0.1) is 0 Å². The molecular weight excluding hydrogens is 386 g/mol. The van der Waals surface area contributed by atoms with Gasteiger partial charge in [0.2, 0.25) is 0 Å². The van der Waals surface area contributed by atoms with Crippen LogP contribution in [0.5, 0.6) is 0 Å². The number of nitrogens with zero attached hydrogens (tertiary/aromatic N) is 2. The fourth-order valence-electron chi connectivity index (χ4n) is 2.95. The first-order valence-corrected chi connectivity index (χ1v) is 10.2. The Labute approximate surface area is 166 Å². The van der Waals surface area contributed by atoms with E-state index in [0.29, 0.717) is 24.3 Å². The predicted molar refractivity (Wildman–Crippen MR) is 102 cm³/mol. The van der Waals surface area contributed by atoms with Crippen LogP contribution in [0, 0.1) is 0 Å². The number of halogens is 1. The minimum atomic E-state index is -3.67. The third kappa shape index (κ3) is 5.22. The fraction of sp³-hybridized carbons (Fsp3) is 0.316. The molecule has 1 saturated heterocycles. The Morgan fingerprint density at radius 1 is 0.963 bits per heavy atom. The molecule has 0 aliphatic carbocycles. The second-order valence-corrected chi connectivity index (χ2v) is 7.90. The number of para-hydroxylation sites is 1. The molecule has 0 atom stereocenters. The molecule has 0 unspecified atom stereocenters. The molecule has 2 aromatic carbocycles. The molecule has 0 spiro atoms. The van der Waals surface area contributed by atoms with Crippen molar-refractivity contribution < 1.29 is 25.6 Å². The van der Waals surface area contributed by atoms with Crippen LogP contribution < -0.4 is 17.1 Å². The normalized spacial score (nSPS) is 15.1. The second-order valence-electron chi connectivity index (χ2n) is 6.22. The molecule has 146 valence electrons. The summed E-state index contributed by atoms with van der Waals surface area (Å²) in [7, 11) is -3.67. The lowest BCUT2D eigenvalue weighted by Gasteiger charge is -2.34. The molecule has 1 amide bonds. The summed E-state index contributed by atoms with van der Waals surface area (Å²) in [6.45, 7) is 6.24. The van der Waals surface area contributed by atoms with Crippen LogP contribution in [-0.4, -0.2) is 56.8 Å². The van der Waals surface area contributed by atoms with Crippen LogP contribution in [-0.2, 0) is 10.0 Å². The number of rotatable bonds is 5. The van der Waals surface area contributed by atoms with Crippen LogP contribution in [0.3, 0.4) is 0 Å². The van der Waals surface area contributed by atoms with Crippen LogP contribution in [0.2, 0.25) is 0 Å². The van der Waals surface area contributed by atoms with E-state index in [1.807, 2.05) is 11.0 Å². The number of anilines is 1. The summed E-state index contributed by atoms with van der Waals surface area (Å²) in [5.41, 5.74) is 1.01. The standard InChI is InChI=1S/C19H23N3O3S.ClH/c1-2-21-12-14-22(15-13-21)19(23)16-8-10-18(11-9-16)26(24,25)20-17-6-4-3-5-7-17;/h3-11,20H,2,12-15H2,1H3;1H/p-1. The highest BCUT2D eigenvalue weighted by Gasteiger charge is 2.22. The maximum Gasteiger partial charge on any atom is 0.261 e. The molecule has 0 aromatic heterocycles. The summed E-state index contributed by atoms with van der Waals surface area (Å²) < 4.78 is 27.4. The summed E-state index contributed by atoms with van der Waals surface area (Å²) in [5, 5.41) is 0. The van der Waals surface area contributed by atoms with E-state index in [0.717, 1.165) is 19.6 Å². The number of carbonyl (C=O) groups is 1. The number of amides is 1. The fourth-order valence-corrected chi connectivity index (χ4v) is 4.01. The summed E-state index contributed by atoms with van der Waals surface area (Å²) >= 11 is 0. The molecule has 1 N–H and O–H groups in total. The van der Waals surface area contributed by atoms with Crippen LogP contribution in [0.15, 0.2) is 59.5 Å². The number of nitrogens with one attached hydrogen (secondary N) is 1. The van der Waals surface area contributed by atoms with E-state index < -0.39 is 10.0 Å². The zero-order valence-corrected chi connectivity index (χ0v) is 16.7. The summed E-state index contributed by atoms with van der Waals surface area (Å²) in [6.07, 6.45) is 0. The van der Waals surface area contributed by atoms with Gasteiger partial charge < -0.3 is 22.2 Å². The Morgan fingerprint density at radius 2 is 1.56 bits per heavy atom. The lowest BCUT2D eigenvalue weighted by molar-refractivity contribution is -0.0000180. The van der Waals surface area contributed by atoms with E-state index in [1.54, 1.807) is 36.4 Å². The van der Waals surface area contributed by atoms with Gasteiger partial charge in [0.05, 0.1) is 4.90 Å². The second kappa shape index (κ2) is 9.21. The van der Waals surface area contributed by atoms with Gasteiger partial charge >= 0.3 is 0 Å². The first kappa shape index (κ1) is 21.2. The molecule has 3 rings (SSSR count). The minimum absolute atomic E-state index is 0. The Balaban J connectivity index is 0.00000261. The molecule has 1 aliphatic rings. The topological polar surface area (TPSA) is 69.7 Å². The van der Waals surface area contributed by atoms with E-state index in [4.69, 9.17) is 0 Å². The Hall–Kier alpha value is -2.09. The third-order valence-corrected chi connectivity index (χ3v) is 5.94. The average Bonchev–Trinajstić information content (AvgIpc) is 2.68. The smallest absolute Gasteiger partial charge is 0.261 e. The Morgan fingerprint density at radius 3 is 2.11 bits per heavy atom. The zero-order chi connectivity index (χ0) is 18.6. The van der Waals surface area contributed by atoms with E-state index in [9.17, 15) is 13.2 Å². The molecule has 0 bridgehead atoms. The van der Waals surface area contributed by atoms with Crippen molar-refractivity contribution in [3.63, 3.8) is 0 Å². The molecule has 1 aliphatic heterocycles. The molecule has 27 heavy (non-hydrogen) atoms. The van der Waals surface area contributed by atoms with Gasteiger partial charge in [-0.3, -0.25) is 9.52 Å². The van der Waals surface area contributed by atoms with E-state index in [1.165, 1.54) is 12.1 Å². The van der Waals surface area contributed by atoms with Gasteiger partial charge in [0.1, 0.15) is 0 Å². The summed E-state index contributed by atoms with van der Waals surface area (Å²) in [6, 6.07) is 14.8. The van der Waals surface area contributed by atoms with Gasteiger partial charge in [-0.2, -0.15) is 0 Å². The summed E-state index contributed by atoms with van der Waals surface area (Å²) in [4.78, 5) is 16.8. The predicted octanol–water partition coefficient (Wildman–Crippen LogP) is -0.731. The lowest BCUT2D eigenvalue weighted by Crippen LogP contribution is -3.00. The van der Waals surface area contributed by atoms with Gasteiger partial charge in [0, 0.05) is 37.4 Å². The van der Waals surface area contributed by atoms with Gasteiger partial charge in [0.15, 0.2) is 0 Å². The largest absolute Gasteiger partial charge is 1.00 e. The van der Waals surface area contributed by atoms with Crippen molar-refractivity contribution in [3.05, 3.63) is 60.2 Å². The van der Waals surface area contributed by atoms with Crippen molar-refractivity contribution in [2.75, 3.05) is 37.4 Å². The highest BCUT2D eigenvalue weighted by Crippen LogP contribution is 2.17. The van der Waals surface area contributed by atoms with Crippen LogP contribution >= 0.6 is 0 Å². The third-order valence-electron chi connectivity index (χ3n) is 4.54. The van der Waals surface area contributed by atoms with Crippen LogP contribution in [0.25, 0.3) is 0 Å². The van der Waals surface area contributed by atoms with Gasteiger partial charge in [-0.1, -0.05) is 25.1 Å². The van der Waals surface area contributed by atoms with E-state index >= 15 is 0 Å². The number of sulfonamides is 1. The van der Waals surface area contributed by atoms with E-state index in [-0.39, 0.29) is 23.2 Å². The van der Waals surface area contributed by atoms with Crippen molar-refractivity contribution in [1.29, 1.82) is 0 Å². The van der Waals surface area contributed by atoms with Crippen LogP contribution in [0.1, 0.15) is 17.3 Å². The highest BCUT2D eigenvalue weighted by atomic mass is 35.5. The number of piperazine rings is 1. The SMILES string of the molecule is CCN1CCN(C(=O)c2ccc(S(=O)(=O)Nc3ccccc3)cc2)CC1.[Cl-]. The molecule has 0 radical (unpaired) electrons. The lowest BCUT2D eigenvalue weighted by atomic mass is 10.2. The van der Waals surface area contributed by atoms with Gasteiger partial charge in [-0.25, -0.2) is 8.42 Å². The van der Waals surface area contributed by atoms with Crippen molar-refractivity contribution in [2.45, 2.75) is 11.8 Å². The highest BCUT2D eigenvalue weighted by molar-refractivity contribution is 7.92. The summed E-state index contributed by atoms with van der Waals surface area (Å²) in [5.74, 6) is -0.0549. The molecule has 1 fully saturated rings. The number of benzene rings is 2. The number of carbonyl (C=O) groups excluding carboxylic acids is 1. The first-order chi connectivity index (χ1) is 12.5. The first-order valence-electron chi connectivity index (χ1n) is 8.69. The molecule has 6 nitrogen and oxygen atoms in total. The number of hydrogen-bond acceptors (Lipinski definition) is 4. The minimum Gasteiger partial charge on any atom is -1.00 e. The van der Waals surface area contributed by atoms with Crippen molar-refractivity contribution in [1.82, 2.24) is 9.80 Å². The molecular formula is C19H23ClN3O3S-. The number of hydrogen-bond donors (Lipinski definition) is 1. The maximum atomic E-state index is 12.6. The van der Waals surface area contributed by atoms with Gasteiger partial charge in [0.25, 0.3) is 15.9 Å². The monoisotopic (exact) mass is 408 g/mol. The van der Waals surface area contributed by atoms with Gasteiger partial charge in [-0.05, 0) is 42.9 Å². The molecule has 1 heterocycles. The zero-order valence-electron chi connectivity index (χ0n) is 15.1. The molecule has 2 aromatic rings. The Kier molecular flexibility index (Phi) is 7.24. The quantitative estimate of drug-likeness (QED) is 0.708. The average molecular weight is 409 g/mol. The maximum absolute atomic E-state index is 12.6. The van der Waals surface area contributed by atoms with Crippen molar-refractivity contribution in [2.24, 2.45) is 0 Å². The number of likely N-dealkylation sites (N-methyl/N-ethyl adjacent to an activating group) is 1.